The van der Waals surface area contributed by atoms with Crippen molar-refractivity contribution in [3.8, 4) is 0 Å². The van der Waals surface area contributed by atoms with Gasteiger partial charge in [-0.3, -0.25) is 0 Å². The predicted molar refractivity (Wildman–Crippen MR) is 91.7 cm³/mol. The first-order valence-electron chi connectivity index (χ1n) is 7.49. The van der Waals surface area contributed by atoms with Crippen LogP contribution in [0.5, 0.6) is 0 Å². The van der Waals surface area contributed by atoms with Crippen LogP contribution in [0, 0.1) is 0 Å². The number of nitrogens with one attached hydrogen (secondary N) is 2. The van der Waals surface area contributed by atoms with E-state index in [-0.39, 0.29) is 0 Å². The molecular formula is C15H30IN6-. The fraction of sp³-hybridized carbons (Fsp3) is 0.600. The van der Waals surface area contributed by atoms with E-state index in [1.54, 1.807) is 6.92 Å². The number of nitrogens with zero attached hydrogens (tertiary/aromatic N) is 2. The summed E-state index contributed by atoms with van der Waals surface area (Å²) in [4.78, 5) is 4.26. The van der Waals surface area contributed by atoms with E-state index in [0.29, 0.717) is 11.7 Å². The van der Waals surface area contributed by atoms with Gasteiger partial charge in [-0.25, -0.2) is 0 Å². The number of aliphatic imine (C=N–C) groups is 1. The Morgan fingerprint density at radius 1 is 1.14 bits per heavy atom. The van der Waals surface area contributed by atoms with Crippen molar-refractivity contribution in [2.45, 2.75) is 53.9 Å². The van der Waals surface area contributed by atoms with Gasteiger partial charge in [-0.05, 0) is 0 Å². The van der Waals surface area contributed by atoms with E-state index in [2.05, 4.69) is 37.3 Å². The Hall–Kier alpha value is -1.25. The molecular weight excluding hydrogens is 391 g/mol. The molecule has 0 rings (SSSR count). The Labute approximate surface area is 145 Å². The molecule has 22 heavy (non-hydrogen) atoms. The van der Waals surface area contributed by atoms with Gasteiger partial charge >= 0.3 is 145 Å². The van der Waals surface area contributed by atoms with Crippen LogP contribution in [-0.4, -0.2) is 18.2 Å². The molecule has 0 unspecified atom stereocenters. The van der Waals surface area contributed by atoms with Crippen molar-refractivity contribution in [1.82, 2.24) is 7.17 Å². The summed E-state index contributed by atoms with van der Waals surface area (Å²) in [6, 6.07) is 0. The normalized spacial score (nSPS) is 14.9. The van der Waals surface area contributed by atoms with Crippen molar-refractivity contribution in [2.75, 3.05) is 6.54 Å². The monoisotopic (exact) mass is 421 g/mol. The van der Waals surface area contributed by atoms with Gasteiger partial charge in [0.2, 0.25) is 0 Å². The molecule has 0 fully saturated rings. The number of nitrogens with two attached hydrogens (primary N) is 2. The molecule has 0 saturated heterocycles. The van der Waals surface area contributed by atoms with E-state index < -0.39 is 21.8 Å². The summed E-state index contributed by atoms with van der Waals surface area (Å²) < 4.78 is 6.25. The summed E-state index contributed by atoms with van der Waals surface area (Å²) in [5, 5.41) is 3.95. The second-order valence-corrected chi connectivity index (χ2v) is 6.61. The molecule has 0 atom stereocenters. The van der Waals surface area contributed by atoms with Crippen molar-refractivity contribution in [3.05, 3.63) is 22.9 Å². The summed E-state index contributed by atoms with van der Waals surface area (Å²) in [7, 11) is 0. The number of allylic oxidation sites excluding steroid dienone is 2. The molecule has 0 aliphatic carbocycles. The van der Waals surface area contributed by atoms with E-state index in [1.807, 2.05) is 13.8 Å². The zero-order valence-corrected chi connectivity index (χ0v) is 16.5. The molecule has 0 radical (unpaired) electrons. The average molecular weight is 421 g/mol. The van der Waals surface area contributed by atoms with Gasteiger partial charge in [0.15, 0.2) is 0 Å². The predicted octanol–water partition coefficient (Wildman–Crippen LogP) is -0.836. The summed E-state index contributed by atoms with van der Waals surface area (Å²) >= 11 is -0.399. The van der Waals surface area contributed by atoms with Gasteiger partial charge in [0.1, 0.15) is 0 Å². The zero-order chi connectivity index (χ0) is 17.0. The Bertz CT molecular complexity index is 447. The van der Waals surface area contributed by atoms with Gasteiger partial charge in [0, 0.05) is 0 Å². The van der Waals surface area contributed by atoms with Crippen LogP contribution in [-0.2, 0) is 0 Å². The summed E-state index contributed by atoms with van der Waals surface area (Å²) in [6.07, 6.45) is 5.14. The fourth-order valence-electron chi connectivity index (χ4n) is 1.61. The summed E-state index contributed by atoms with van der Waals surface area (Å²) in [5.41, 5.74) is 15.2. The summed E-state index contributed by atoms with van der Waals surface area (Å²) in [5.74, 6) is 1.20. The Kier molecular flexibility index (Phi) is 11.6. The maximum atomic E-state index is 5.94. The van der Waals surface area contributed by atoms with Crippen LogP contribution < -0.4 is 40.4 Å². The van der Waals surface area contributed by atoms with Crippen LogP contribution in [0.1, 0.15) is 53.9 Å². The fourth-order valence-corrected chi connectivity index (χ4v) is 2.85. The topological polar surface area (TPSA) is 101 Å². The molecule has 7 heteroatoms. The number of hydrogen-bond acceptors (Lipinski definition) is 4. The Balaban J connectivity index is 4.42. The minimum absolute atomic E-state index is 0.399. The van der Waals surface area contributed by atoms with Crippen molar-refractivity contribution >= 4 is 11.7 Å². The third-order valence-electron chi connectivity index (χ3n) is 3.20. The second kappa shape index (κ2) is 12.3. The van der Waals surface area contributed by atoms with Crippen LogP contribution in [0.25, 0.3) is 0 Å². The number of rotatable bonds is 10. The molecule has 0 aliphatic rings. The van der Waals surface area contributed by atoms with Crippen molar-refractivity contribution in [3.63, 3.8) is 0 Å². The van der Waals surface area contributed by atoms with Crippen molar-refractivity contribution in [1.29, 1.82) is 0 Å². The number of amidine groups is 2. The average Bonchev–Trinajstić information content (AvgIpc) is 2.48. The molecule has 6 N–H and O–H groups in total. The molecule has 0 aliphatic heterocycles. The van der Waals surface area contributed by atoms with Crippen molar-refractivity contribution < 1.29 is 21.8 Å². The van der Waals surface area contributed by atoms with Crippen LogP contribution >= 0.6 is 0 Å². The molecule has 0 saturated carbocycles. The first-order valence-corrected chi connectivity index (χ1v) is 9.65. The number of hydrazone groups is 1. The van der Waals surface area contributed by atoms with Crippen LogP contribution in [0.3, 0.4) is 0 Å². The molecule has 0 spiro atoms. The Morgan fingerprint density at radius 3 is 2.36 bits per heavy atom. The van der Waals surface area contributed by atoms with E-state index >= 15 is 0 Å². The first-order chi connectivity index (χ1) is 10.4. The van der Waals surface area contributed by atoms with Gasteiger partial charge in [0.25, 0.3) is 0 Å². The van der Waals surface area contributed by atoms with Crippen LogP contribution in [0.4, 0.5) is 0 Å². The standard InChI is InChI=1S/C15H30IN6/c1-6-14(10-20-16-22-21-13(5)17)9-8-11(3)12(4)15(18)19-7-2/h10,20,22H,6-9H2,1-5H3,(H2,17,21)(H2,18,19)/q-1/b12-11-,14-10+. The van der Waals surface area contributed by atoms with Gasteiger partial charge in [-0.1, -0.05) is 0 Å². The zero-order valence-electron chi connectivity index (χ0n) is 14.3. The maximum absolute atomic E-state index is 5.94. The van der Waals surface area contributed by atoms with Gasteiger partial charge in [-0.15, -0.1) is 0 Å². The minimum atomic E-state index is -0.399. The molecule has 0 aromatic rings. The Morgan fingerprint density at radius 2 is 1.82 bits per heavy atom. The quantitative estimate of drug-likeness (QED) is 0.0924. The molecule has 0 aromatic carbocycles. The van der Waals surface area contributed by atoms with Crippen molar-refractivity contribution in [2.24, 2.45) is 21.6 Å². The van der Waals surface area contributed by atoms with Crippen LogP contribution in [0.2, 0.25) is 0 Å². The molecule has 0 heterocycles. The van der Waals surface area contributed by atoms with E-state index in [0.717, 1.165) is 31.4 Å². The molecule has 0 aromatic heterocycles. The molecule has 0 amide bonds. The van der Waals surface area contributed by atoms with Gasteiger partial charge in [0.05, 0.1) is 0 Å². The first kappa shape index (κ1) is 20.8. The third kappa shape index (κ3) is 9.64. The molecule has 0 bridgehead atoms. The number of hydrogen-bond donors (Lipinski definition) is 4. The molecule has 6 nitrogen and oxygen atoms in total. The van der Waals surface area contributed by atoms with Gasteiger partial charge in [-0.2, -0.15) is 0 Å². The summed E-state index contributed by atoms with van der Waals surface area (Å²) in [6.45, 7) is 10.8. The molecule has 128 valence electrons. The van der Waals surface area contributed by atoms with E-state index in [4.69, 9.17) is 11.5 Å². The third-order valence-corrected chi connectivity index (χ3v) is 4.31. The van der Waals surface area contributed by atoms with E-state index in [1.165, 1.54) is 11.1 Å². The second-order valence-electron chi connectivity index (χ2n) is 4.96. The van der Waals surface area contributed by atoms with E-state index in [9.17, 15) is 0 Å². The number of halogens is 1. The SMILES string of the molecule is CCN=C(N)/C(C)=C(/C)CC/C(=C/N[I-]N/N=C(\C)N)CC. The van der Waals surface area contributed by atoms with Gasteiger partial charge < -0.3 is 0 Å². The van der Waals surface area contributed by atoms with Crippen LogP contribution in [0.15, 0.2) is 33.0 Å².